The van der Waals surface area contributed by atoms with E-state index in [2.05, 4.69) is 9.71 Å². The van der Waals surface area contributed by atoms with Gasteiger partial charge in [0.2, 0.25) is 0 Å². The number of sulfonamides is 1. The number of nitrogens with one attached hydrogen (secondary N) is 2. The molecule has 0 bridgehead atoms. The van der Waals surface area contributed by atoms with Gasteiger partial charge in [-0.1, -0.05) is 41.9 Å². The second-order valence-corrected chi connectivity index (χ2v) is 6.84. The molecule has 7 heteroatoms. The quantitative estimate of drug-likeness (QED) is 0.684. The lowest BCUT2D eigenvalue weighted by molar-refractivity contribution is 0.600. The van der Waals surface area contributed by atoms with E-state index in [0.717, 1.165) is 5.39 Å². The van der Waals surface area contributed by atoms with Crippen molar-refractivity contribution in [3.05, 3.63) is 59.2 Å². The number of nitrogens with two attached hydrogens (primary N) is 1. The summed E-state index contributed by atoms with van der Waals surface area (Å²) < 4.78 is 27.8. The van der Waals surface area contributed by atoms with Crippen molar-refractivity contribution in [1.82, 2.24) is 4.98 Å². The number of fused-ring (bicyclic) bond motifs is 1. The molecule has 0 aliphatic rings. The van der Waals surface area contributed by atoms with E-state index < -0.39 is 10.0 Å². The first kappa shape index (κ1) is 14.9. The number of anilines is 1. The highest BCUT2D eigenvalue weighted by Crippen LogP contribution is 2.30. The number of hydrogen-bond donors (Lipinski definition) is 3. The van der Waals surface area contributed by atoms with Gasteiger partial charge in [-0.15, -0.1) is 0 Å². The highest BCUT2D eigenvalue weighted by Gasteiger charge is 2.19. The largest absolute Gasteiger partial charge is 0.358 e. The topological polar surface area (TPSA) is 88.0 Å². The molecular formula is C15H14ClN3O2S. The van der Waals surface area contributed by atoms with Gasteiger partial charge in [-0.05, 0) is 17.7 Å². The zero-order valence-electron chi connectivity index (χ0n) is 11.5. The average Bonchev–Trinajstić information content (AvgIpc) is 2.90. The van der Waals surface area contributed by atoms with Crippen molar-refractivity contribution in [3.63, 3.8) is 0 Å². The fourth-order valence-electron chi connectivity index (χ4n) is 2.34. The van der Waals surface area contributed by atoms with Crippen molar-refractivity contribution in [2.75, 3.05) is 4.72 Å². The number of rotatable bonds is 4. The SMILES string of the molecule is NCc1ccccc1S(=O)(=O)Nc1cccc2c(Cl)c[nH]c12. The van der Waals surface area contributed by atoms with Crippen LogP contribution < -0.4 is 10.5 Å². The lowest BCUT2D eigenvalue weighted by Crippen LogP contribution is -2.16. The summed E-state index contributed by atoms with van der Waals surface area (Å²) >= 11 is 6.06. The van der Waals surface area contributed by atoms with Crippen molar-refractivity contribution >= 4 is 38.2 Å². The predicted molar refractivity (Wildman–Crippen MR) is 88.5 cm³/mol. The van der Waals surface area contributed by atoms with E-state index in [9.17, 15) is 8.42 Å². The van der Waals surface area contributed by atoms with E-state index in [-0.39, 0.29) is 11.4 Å². The Morgan fingerprint density at radius 3 is 2.68 bits per heavy atom. The molecule has 4 N–H and O–H groups in total. The smallest absolute Gasteiger partial charge is 0.262 e. The van der Waals surface area contributed by atoms with Crippen LogP contribution in [0, 0.1) is 0 Å². The zero-order valence-corrected chi connectivity index (χ0v) is 13.1. The molecule has 0 unspecified atom stereocenters. The molecule has 0 radical (unpaired) electrons. The molecule has 114 valence electrons. The second kappa shape index (κ2) is 5.64. The lowest BCUT2D eigenvalue weighted by atomic mass is 10.2. The number of halogens is 1. The van der Waals surface area contributed by atoms with Crippen LogP contribution in [-0.2, 0) is 16.6 Å². The summed E-state index contributed by atoms with van der Waals surface area (Å²) in [4.78, 5) is 3.15. The van der Waals surface area contributed by atoms with Gasteiger partial charge < -0.3 is 10.7 Å². The summed E-state index contributed by atoms with van der Waals surface area (Å²) in [5, 5.41) is 1.30. The Hall–Kier alpha value is -2.02. The highest BCUT2D eigenvalue weighted by molar-refractivity contribution is 7.92. The molecule has 5 nitrogen and oxygen atoms in total. The number of aromatic nitrogens is 1. The minimum atomic E-state index is -3.73. The van der Waals surface area contributed by atoms with Crippen molar-refractivity contribution < 1.29 is 8.42 Å². The van der Waals surface area contributed by atoms with Gasteiger partial charge in [0.15, 0.2) is 0 Å². The van der Waals surface area contributed by atoms with Crippen LogP contribution in [0.4, 0.5) is 5.69 Å². The van der Waals surface area contributed by atoms with Gasteiger partial charge in [0.05, 0.1) is 21.1 Å². The molecule has 3 rings (SSSR count). The average molecular weight is 336 g/mol. The first-order valence-corrected chi connectivity index (χ1v) is 8.45. The van der Waals surface area contributed by atoms with Gasteiger partial charge in [0, 0.05) is 18.1 Å². The van der Waals surface area contributed by atoms with Crippen molar-refractivity contribution in [1.29, 1.82) is 0 Å². The van der Waals surface area contributed by atoms with Gasteiger partial charge in [-0.2, -0.15) is 0 Å². The molecule has 0 aliphatic carbocycles. The molecule has 3 aromatic rings. The summed E-state index contributed by atoms with van der Waals surface area (Å²) in [6, 6.07) is 11.9. The Balaban J connectivity index is 2.07. The maximum absolute atomic E-state index is 12.6. The minimum Gasteiger partial charge on any atom is -0.358 e. The van der Waals surface area contributed by atoms with E-state index in [1.54, 1.807) is 36.5 Å². The Kier molecular flexibility index (Phi) is 3.82. The highest BCUT2D eigenvalue weighted by atomic mass is 35.5. The minimum absolute atomic E-state index is 0.148. The van der Waals surface area contributed by atoms with Crippen LogP contribution in [-0.4, -0.2) is 13.4 Å². The molecule has 0 saturated heterocycles. The van der Waals surface area contributed by atoms with Gasteiger partial charge in [0.1, 0.15) is 0 Å². The van der Waals surface area contributed by atoms with E-state index in [1.807, 2.05) is 6.07 Å². The van der Waals surface area contributed by atoms with Crippen molar-refractivity contribution in [2.24, 2.45) is 5.73 Å². The summed E-state index contributed by atoms with van der Waals surface area (Å²) in [5.74, 6) is 0. The van der Waals surface area contributed by atoms with Crippen LogP contribution in [0.5, 0.6) is 0 Å². The van der Waals surface area contributed by atoms with Gasteiger partial charge in [0.25, 0.3) is 10.0 Å². The summed E-state index contributed by atoms with van der Waals surface area (Å²) in [6.45, 7) is 0.148. The van der Waals surface area contributed by atoms with Crippen LogP contribution in [0.2, 0.25) is 5.02 Å². The van der Waals surface area contributed by atoms with E-state index in [4.69, 9.17) is 17.3 Å². The van der Waals surface area contributed by atoms with Crippen molar-refractivity contribution in [3.8, 4) is 0 Å². The molecule has 0 spiro atoms. The second-order valence-electron chi connectivity index (χ2n) is 4.78. The summed E-state index contributed by atoms with van der Waals surface area (Å²) in [7, 11) is -3.73. The molecule has 0 aliphatic heterocycles. The molecule has 2 aromatic carbocycles. The number of hydrogen-bond acceptors (Lipinski definition) is 3. The normalized spacial score (nSPS) is 11.7. The van der Waals surface area contributed by atoms with Gasteiger partial charge >= 0.3 is 0 Å². The molecule has 0 fully saturated rings. The molecule has 0 amide bonds. The Bertz CT molecular complexity index is 935. The number of aromatic amines is 1. The van der Waals surface area contributed by atoms with Gasteiger partial charge in [-0.25, -0.2) is 8.42 Å². The van der Waals surface area contributed by atoms with Crippen LogP contribution in [0.3, 0.4) is 0 Å². The summed E-state index contributed by atoms with van der Waals surface area (Å²) in [6.07, 6.45) is 1.62. The third kappa shape index (κ3) is 2.56. The van der Waals surface area contributed by atoms with Crippen LogP contribution in [0.25, 0.3) is 10.9 Å². The molecule has 1 aromatic heterocycles. The number of benzene rings is 2. The number of H-pyrrole nitrogens is 1. The molecule has 0 saturated carbocycles. The van der Waals surface area contributed by atoms with Crippen LogP contribution >= 0.6 is 11.6 Å². The van der Waals surface area contributed by atoms with E-state index in [1.165, 1.54) is 6.07 Å². The Labute approximate surface area is 133 Å². The third-order valence-electron chi connectivity index (χ3n) is 3.39. The van der Waals surface area contributed by atoms with Gasteiger partial charge in [-0.3, -0.25) is 4.72 Å². The Morgan fingerprint density at radius 2 is 1.91 bits per heavy atom. The van der Waals surface area contributed by atoms with Crippen LogP contribution in [0.15, 0.2) is 53.6 Å². The molecule has 0 atom stereocenters. The standard InChI is InChI=1S/C15H14ClN3O2S/c16-12-9-18-15-11(12)5-3-6-13(15)19-22(20,21)14-7-2-1-4-10(14)8-17/h1-7,9,18-19H,8,17H2. The first-order valence-electron chi connectivity index (χ1n) is 6.59. The fourth-order valence-corrected chi connectivity index (χ4v) is 3.88. The van der Waals surface area contributed by atoms with Crippen LogP contribution in [0.1, 0.15) is 5.56 Å². The maximum Gasteiger partial charge on any atom is 0.262 e. The third-order valence-corrected chi connectivity index (χ3v) is 5.17. The van der Waals surface area contributed by atoms with E-state index >= 15 is 0 Å². The fraction of sp³-hybridized carbons (Fsp3) is 0.0667. The molecule has 22 heavy (non-hydrogen) atoms. The zero-order chi connectivity index (χ0) is 15.7. The Morgan fingerprint density at radius 1 is 1.14 bits per heavy atom. The first-order chi connectivity index (χ1) is 10.5. The number of para-hydroxylation sites is 1. The molecule has 1 heterocycles. The maximum atomic E-state index is 12.6. The lowest BCUT2D eigenvalue weighted by Gasteiger charge is -2.12. The van der Waals surface area contributed by atoms with E-state index in [0.29, 0.717) is 21.8 Å². The molecular weight excluding hydrogens is 322 g/mol. The monoisotopic (exact) mass is 335 g/mol. The predicted octanol–water partition coefficient (Wildman–Crippen LogP) is 3.08. The summed E-state index contributed by atoms with van der Waals surface area (Å²) in [5.41, 5.74) is 7.26. The van der Waals surface area contributed by atoms with Crippen molar-refractivity contribution in [2.45, 2.75) is 11.4 Å².